The number of rotatable bonds is 0. The number of halogens is 1. The van der Waals surface area contributed by atoms with Crippen LogP contribution in [0.25, 0.3) is 0 Å². The summed E-state index contributed by atoms with van der Waals surface area (Å²) in [5.74, 6) is -0.108. The zero-order valence-electron chi connectivity index (χ0n) is 12.5. The lowest BCUT2D eigenvalue weighted by Crippen LogP contribution is -1.89. The molecule has 0 atom stereocenters. The molecule has 0 radical (unpaired) electrons. The van der Waals surface area contributed by atoms with Gasteiger partial charge in [0.05, 0.1) is 0 Å². The Hall–Kier alpha value is -0.850. The summed E-state index contributed by atoms with van der Waals surface area (Å²) >= 11 is 0. The molecule has 1 rings (SSSR count). The van der Waals surface area contributed by atoms with E-state index in [1.54, 1.807) is 13.0 Å². The highest BCUT2D eigenvalue weighted by molar-refractivity contribution is 5.32. The molecular weight excluding hydrogens is 199 g/mol. The molecule has 1 heteroatoms. The Balaban J connectivity index is -0.000000245. The van der Waals surface area contributed by atoms with Crippen LogP contribution in [-0.4, -0.2) is 0 Å². The Labute approximate surface area is 102 Å². The monoisotopic (exact) mass is 228 g/mol. The van der Waals surface area contributed by atoms with E-state index in [1.807, 2.05) is 55.4 Å². The molecule has 0 aliphatic carbocycles. The van der Waals surface area contributed by atoms with Gasteiger partial charge in [0.15, 0.2) is 0 Å². The predicted octanol–water partition coefficient (Wildman–Crippen LogP) is 5.83. The van der Waals surface area contributed by atoms with E-state index in [9.17, 15) is 4.39 Å². The van der Waals surface area contributed by atoms with Gasteiger partial charge in [-0.25, -0.2) is 4.39 Å². The van der Waals surface area contributed by atoms with Gasteiger partial charge >= 0.3 is 0 Å². The van der Waals surface area contributed by atoms with Crippen molar-refractivity contribution in [2.24, 2.45) is 0 Å². The van der Waals surface area contributed by atoms with E-state index in [0.717, 1.165) is 16.7 Å². The zero-order chi connectivity index (χ0) is 13.7. The van der Waals surface area contributed by atoms with Crippen LogP contribution in [0.15, 0.2) is 12.1 Å². The molecule has 0 spiro atoms. The lowest BCUT2D eigenvalue weighted by atomic mass is 10.0. The van der Waals surface area contributed by atoms with E-state index >= 15 is 0 Å². The lowest BCUT2D eigenvalue weighted by Gasteiger charge is -2.03. The van der Waals surface area contributed by atoms with Crippen LogP contribution in [0, 0.1) is 26.6 Å². The molecule has 0 amide bonds. The third-order valence-corrected chi connectivity index (χ3v) is 1.99. The highest BCUT2D eigenvalue weighted by Crippen LogP contribution is 2.14. The molecule has 1 aromatic carbocycles. The molecule has 0 saturated carbocycles. The van der Waals surface area contributed by atoms with Crippen molar-refractivity contribution in [1.29, 1.82) is 0 Å². The van der Waals surface area contributed by atoms with E-state index in [2.05, 4.69) is 0 Å². The van der Waals surface area contributed by atoms with Gasteiger partial charge in [0, 0.05) is 0 Å². The predicted molar refractivity (Wildman–Crippen MR) is 74.7 cm³/mol. The zero-order valence-corrected chi connectivity index (χ0v) is 12.5. The Morgan fingerprint density at radius 3 is 1.38 bits per heavy atom. The third-order valence-electron chi connectivity index (χ3n) is 1.99. The molecule has 0 aliphatic rings. The number of aryl methyl sites for hydroxylation is 1. The summed E-state index contributed by atoms with van der Waals surface area (Å²) in [5.41, 5.74) is 2.97. The van der Waals surface area contributed by atoms with Crippen molar-refractivity contribution >= 4 is 0 Å². The topological polar surface area (TPSA) is 0 Å². The minimum absolute atomic E-state index is 0.108. The van der Waals surface area contributed by atoms with Crippen LogP contribution >= 0.6 is 0 Å². The summed E-state index contributed by atoms with van der Waals surface area (Å²) in [6, 6.07) is 3.31. The standard InChI is InChI=1S/C9H11F.3C2H6/c1-6-4-5-9(10)8(3)7(6)2;3*1-2/h4-5H,1-3H3;3*1-2H3. The normalized spacial score (nSPS) is 7.38. The van der Waals surface area contributed by atoms with Crippen molar-refractivity contribution in [2.75, 3.05) is 0 Å². The molecule has 0 fully saturated rings. The Morgan fingerprint density at radius 2 is 1.06 bits per heavy atom. The van der Waals surface area contributed by atoms with Crippen molar-refractivity contribution in [3.63, 3.8) is 0 Å². The van der Waals surface area contributed by atoms with Crippen LogP contribution in [0.4, 0.5) is 4.39 Å². The summed E-state index contributed by atoms with van der Waals surface area (Å²) < 4.78 is 12.8. The van der Waals surface area contributed by atoms with Crippen molar-refractivity contribution in [1.82, 2.24) is 0 Å². The van der Waals surface area contributed by atoms with Crippen molar-refractivity contribution in [3.05, 3.63) is 34.6 Å². The molecule has 0 unspecified atom stereocenters. The molecular formula is C15H29F. The molecule has 0 saturated heterocycles. The van der Waals surface area contributed by atoms with Crippen LogP contribution in [0.5, 0.6) is 0 Å². The van der Waals surface area contributed by atoms with E-state index in [4.69, 9.17) is 0 Å². The molecule has 0 heterocycles. The summed E-state index contributed by atoms with van der Waals surface area (Å²) in [6.45, 7) is 17.7. The third kappa shape index (κ3) is 7.44. The van der Waals surface area contributed by atoms with E-state index in [1.165, 1.54) is 6.07 Å². The first-order valence-electron chi connectivity index (χ1n) is 6.35. The van der Waals surface area contributed by atoms with Crippen LogP contribution in [0.1, 0.15) is 58.2 Å². The number of benzene rings is 1. The van der Waals surface area contributed by atoms with Gasteiger partial charge in [0.1, 0.15) is 5.82 Å². The molecule has 1 aromatic rings. The van der Waals surface area contributed by atoms with Crippen molar-refractivity contribution < 1.29 is 4.39 Å². The summed E-state index contributed by atoms with van der Waals surface area (Å²) in [5, 5.41) is 0. The summed E-state index contributed by atoms with van der Waals surface area (Å²) in [6.07, 6.45) is 0. The molecule has 0 nitrogen and oxygen atoms in total. The molecule has 0 bridgehead atoms. The first-order valence-corrected chi connectivity index (χ1v) is 6.35. The van der Waals surface area contributed by atoms with Gasteiger partial charge < -0.3 is 0 Å². The van der Waals surface area contributed by atoms with Crippen LogP contribution in [0.2, 0.25) is 0 Å². The van der Waals surface area contributed by atoms with Crippen LogP contribution in [0.3, 0.4) is 0 Å². The number of hydrogen-bond donors (Lipinski definition) is 0. The Morgan fingerprint density at radius 1 is 0.688 bits per heavy atom. The van der Waals surface area contributed by atoms with Gasteiger partial charge in [-0.2, -0.15) is 0 Å². The SMILES string of the molecule is CC.CC.CC.Cc1ccc(F)c(C)c1C. The molecule has 0 aliphatic heterocycles. The fraction of sp³-hybridized carbons (Fsp3) is 0.600. The summed E-state index contributed by atoms with van der Waals surface area (Å²) in [7, 11) is 0. The highest BCUT2D eigenvalue weighted by Gasteiger charge is 2.00. The molecule has 96 valence electrons. The number of hydrogen-bond acceptors (Lipinski definition) is 0. The van der Waals surface area contributed by atoms with Gasteiger partial charge in [0.2, 0.25) is 0 Å². The van der Waals surface area contributed by atoms with Gasteiger partial charge in [-0.1, -0.05) is 47.6 Å². The van der Waals surface area contributed by atoms with Gasteiger partial charge in [0.25, 0.3) is 0 Å². The second-order valence-electron chi connectivity index (χ2n) is 2.61. The maximum absolute atomic E-state index is 12.8. The Bertz CT molecular complexity index is 225. The fourth-order valence-corrected chi connectivity index (χ4v) is 0.923. The summed E-state index contributed by atoms with van der Waals surface area (Å²) in [4.78, 5) is 0. The van der Waals surface area contributed by atoms with E-state index < -0.39 is 0 Å². The van der Waals surface area contributed by atoms with E-state index in [0.29, 0.717) is 0 Å². The van der Waals surface area contributed by atoms with E-state index in [-0.39, 0.29) is 5.82 Å². The first kappa shape index (κ1) is 20.5. The lowest BCUT2D eigenvalue weighted by molar-refractivity contribution is 0.616. The second-order valence-corrected chi connectivity index (χ2v) is 2.61. The average Bonchev–Trinajstić information content (AvgIpc) is 2.39. The maximum Gasteiger partial charge on any atom is 0.126 e. The highest BCUT2D eigenvalue weighted by atomic mass is 19.1. The maximum atomic E-state index is 12.8. The molecule has 0 N–H and O–H groups in total. The van der Waals surface area contributed by atoms with Gasteiger partial charge in [-0.15, -0.1) is 0 Å². The van der Waals surface area contributed by atoms with Crippen LogP contribution in [-0.2, 0) is 0 Å². The molecule has 0 aromatic heterocycles. The van der Waals surface area contributed by atoms with Crippen LogP contribution < -0.4 is 0 Å². The average molecular weight is 228 g/mol. The second kappa shape index (κ2) is 14.2. The van der Waals surface area contributed by atoms with Gasteiger partial charge in [-0.05, 0) is 43.5 Å². The van der Waals surface area contributed by atoms with Crippen molar-refractivity contribution in [3.8, 4) is 0 Å². The largest absolute Gasteiger partial charge is 0.207 e. The molecule has 16 heavy (non-hydrogen) atoms. The smallest absolute Gasteiger partial charge is 0.126 e. The minimum atomic E-state index is -0.108. The fourth-order valence-electron chi connectivity index (χ4n) is 0.923. The quantitative estimate of drug-likeness (QED) is 0.524. The first-order chi connectivity index (χ1) is 7.63. The van der Waals surface area contributed by atoms with Crippen molar-refractivity contribution in [2.45, 2.75) is 62.3 Å². The Kier molecular flexibility index (Phi) is 18.2. The minimum Gasteiger partial charge on any atom is -0.207 e. The van der Waals surface area contributed by atoms with Gasteiger partial charge in [-0.3, -0.25) is 0 Å².